The molecule has 1 amide bonds. The number of aryl methyl sites for hydroxylation is 2. The Morgan fingerprint density at radius 3 is 2.07 bits per heavy atom. The molecule has 0 saturated carbocycles. The molecule has 1 aliphatic heterocycles. The van der Waals surface area contributed by atoms with Crippen LogP contribution in [0.4, 0.5) is 4.79 Å². The Morgan fingerprint density at radius 1 is 0.889 bits per heavy atom. The van der Waals surface area contributed by atoms with Crippen molar-refractivity contribution in [2.45, 2.75) is 12.8 Å². The molecular weight excluding hydrogens is 346 g/mol. The second-order valence-corrected chi connectivity index (χ2v) is 6.33. The largest absolute Gasteiger partial charge is 0.497 e. The van der Waals surface area contributed by atoms with Crippen molar-refractivity contribution in [1.29, 1.82) is 0 Å². The molecule has 1 saturated heterocycles. The zero-order chi connectivity index (χ0) is 19.1. The molecule has 6 nitrogen and oxygen atoms in total. The molecule has 0 radical (unpaired) electrons. The van der Waals surface area contributed by atoms with Gasteiger partial charge in [0.25, 0.3) is 0 Å². The predicted octanol–water partition coefficient (Wildman–Crippen LogP) is 3.32. The Bertz CT molecular complexity index is 731. The fourth-order valence-corrected chi connectivity index (χ4v) is 2.93. The monoisotopic (exact) mass is 371 g/mol. The van der Waals surface area contributed by atoms with Crippen molar-refractivity contribution < 1.29 is 23.7 Å². The van der Waals surface area contributed by atoms with Crippen molar-refractivity contribution in [3.63, 3.8) is 0 Å². The number of methoxy groups -OCH3 is 2. The fraction of sp³-hybridized carbons (Fsp3) is 0.381. The van der Waals surface area contributed by atoms with Gasteiger partial charge in [0.05, 0.1) is 27.4 Å². The normalized spacial score (nSPS) is 13.9. The summed E-state index contributed by atoms with van der Waals surface area (Å²) < 4.78 is 21.3. The lowest BCUT2D eigenvalue weighted by atomic mass is 10.0. The third-order valence-corrected chi connectivity index (χ3v) is 4.51. The lowest BCUT2D eigenvalue weighted by Crippen LogP contribution is -2.42. The number of amides is 1. The van der Waals surface area contributed by atoms with Gasteiger partial charge in [0, 0.05) is 19.2 Å². The van der Waals surface area contributed by atoms with Crippen LogP contribution in [-0.2, 0) is 17.6 Å². The van der Waals surface area contributed by atoms with Crippen LogP contribution in [0, 0.1) is 0 Å². The van der Waals surface area contributed by atoms with E-state index in [2.05, 4.69) is 0 Å². The number of benzene rings is 2. The molecule has 1 fully saturated rings. The first-order valence-corrected chi connectivity index (χ1v) is 9.03. The summed E-state index contributed by atoms with van der Waals surface area (Å²) in [6.07, 6.45) is 1.41. The maximum absolute atomic E-state index is 12.1. The van der Waals surface area contributed by atoms with E-state index in [4.69, 9.17) is 18.9 Å². The number of carbonyl (C=O) groups is 1. The third-order valence-electron chi connectivity index (χ3n) is 4.51. The van der Waals surface area contributed by atoms with E-state index in [0.717, 1.165) is 29.9 Å². The Hall–Kier alpha value is -2.73. The number of hydrogen-bond acceptors (Lipinski definition) is 5. The van der Waals surface area contributed by atoms with Crippen LogP contribution >= 0.6 is 0 Å². The third kappa shape index (κ3) is 5.37. The highest BCUT2D eigenvalue weighted by Gasteiger charge is 2.18. The van der Waals surface area contributed by atoms with E-state index in [1.165, 1.54) is 5.56 Å². The first-order valence-electron chi connectivity index (χ1n) is 9.03. The molecule has 1 heterocycles. The summed E-state index contributed by atoms with van der Waals surface area (Å²) in [7, 11) is 3.30. The summed E-state index contributed by atoms with van der Waals surface area (Å²) in [5.74, 6) is 2.13. The van der Waals surface area contributed by atoms with Gasteiger partial charge in [-0.15, -0.1) is 0 Å². The maximum Gasteiger partial charge on any atom is 0.415 e. The molecule has 0 N–H and O–H groups in total. The maximum atomic E-state index is 12.1. The molecule has 0 aliphatic carbocycles. The van der Waals surface area contributed by atoms with Gasteiger partial charge in [0.15, 0.2) is 0 Å². The first-order chi connectivity index (χ1) is 13.2. The standard InChI is InChI=1S/C21H25NO5/c1-24-19-13-17(14-20(15-19)25-2)4-3-16-5-7-18(8-6-16)27-21(23)22-9-11-26-12-10-22/h5-8,13-15H,3-4,9-12H2,1-2H3. The molecule has 144 valence electrons. The Kier molecular flexibility index (Phi) is 6.54. The number of nitrogens with zero attached hydrogens (tertiary/aromatic N) is 1. The second kappa shape index (κ2) is 9.28. The van der Waals surface area contributed by atoms with Gasteiger partial charge in [-0.1, -0.05) is 12.1 Å². The number of carbonyl (C=O) groups excluding carboxylic acids is 1. The highest BCUT2D eigenvalue weighted by molar-refractivity contribution is 5.70. The molecule has 3 rings (SSSR count). The zero-order valence-electron chi connectivity index (χ0n) is 15.8. The summed E-state index contributed by atoms with van der Waals surface area (Å²) in [6.45, 7) is 2.26. The summed E-state index contributed by atoms with van der Waals surface area (Å²) in [5, 5.41) is 0. The van der Waals surface area contributed by atoms with Crippen LogP contribution in [0.5, 0.6) is 17.2 Å². The van der Waals surface area contributed by atoms with Crippen molar-refractivity contribution in [3.8, 4) is 17.2 Å². The van der Waals surface area contributed by atoms with E-state index < -0.39 is 0 Å². The van der Waals surface area contributed by atoms with Crippen molar-refractivity contribution in [3.05, 3.63) is 53.6 Å². The molecule has 2 aromatic rings. The molecule has 27 heavy (non-hydrogen) atoms. The van der Waals surface area contributed by atoms with Crippen molar-refractivity contribution in [2.24, 2.45) is 0 Å². The molecular formula is C21H25NO5. The second-order valence-electron chi connectivity index (χ2n) is 6.33. The Balaban J connectivity index is 1.55. The molecule has 0 atom stereocenters. The molecule has 1 aliphatic rings. The van der Waals surface area contributed by atoms with E-state index in [9.17, 15) is 4.79 Å². The summed E-state index contributed by atoms with van der Waals surface area (Å²) in [5.41, 5.74) is 2.32. The summed E-state index contributed by atoms with van der Waals surface area (Å²) in [4.78, 5) is 13.8. The lowest BCUT2D eigenvalue weighted by molar-refractivity contribution is 0.0416. The van der Waals surface area contributed by atoms with Crippen molar-refractivity contribution >= 4 is 6.09 Å². The van der Waals surface area contributed by atoms with E-state index in [1.807, 2.05) is 42.5 Å². The van der Waals surface area contributed by atoms with Crippen LogP contribution in [0.1, 0.15) is 11.1 Å². The summed E-state index contributed by atoms with van der Waals surface area (Å²) >= 11 is 0. The minimum atomic E-state index is -0.325. The minimum Gasteiger partial charge on any atom is -0.497 e. The van der Waals surface area contributed by atoms with Crippen molar-refractivity contribution in [1.82, 2.24) is 4.90 Å². The number of hydrogen-bond donors (Lipinski definition) is 0. The summed E-state index contributed by atoms with van der Waals surface area (Å²) in [6, 6.07) is 13.5. The van der Waals surface area contributed by atoms with Crippen LogP contribution in [0.25, 0.3) is 0 Å². The molecule has 0 aromatic heterocycles. The van der Waals surface area contributed by atoms with Gasteiger partial charge >= 0.3 is 6.09 Å². The lowest BCUT2D eigenvalue weighted by Gasteiger charge is -2.25. The van der Waals surface area contributed by atoms with Gasteiger partial charge in [-0.05, 0) is 48.2 Å². The first kappa shape index (κ1) is 19.0. The van der Waals surface area contributed by atoms with Crippen molar-refractivity contribution in [2.75, 3.05) is 40.5 Å². The van der Waals surface area contributed by atoms with E-state index >= 15 is 0 Å². The number of rotatable bonds is 6. The van der Waals surface area contributed by atoms with Gasteiger partial charge in [0.2, 0.25) is 0 Å². The SMILES string of the molecule is COc1cc(CCc2ccc(OC(=O)N3CCOCC3)cc2)cc(OC)c1. The zero-order valence-corrected chi connectivity index (χ0v) is 15.8. The quantitative estimate of drug-likeness (QED) is 0.780. The predicted molar refractivity (Wildman–Crippen MR) is 102 cm³/mol. The minimum absolute atomic E-state index is 0.325. The topological polar surface area (TPSA) is 57.2 Å². The molecule has 0 spiro atoms. The number of ether oxygens (including phenoxy) is 4. The van der Waals surface area contributed by atoms with Crippen LogP contribution in [0.15, 0.2) is 42.5 Å². The fourth-order valence-electron chi connectivity index (χ4n) is 2.93. The highest BCUT2D eigenvalue weighted by atomic mass is 16.6. The molecule has 0 unspecified atom stereocenters. The van der Waals surface area contributed by atoms with Crippen LogP contribution < -0.4 is 14.2 Å². The van der Waals surface area contributed by atoms with Crippen LogP contribution in [0.2, 0.25) is 0 Å². The van der Waals surface area contributed by atoms with Gasteiger partial charge in [-0.25, -0.2) is 4.79 Å². The van der Waals surface area contributed by atoms with E-state index in [0.29, 0.717) is 32.1 Å². The number of morpholine rings is 1. The average molecular weight is 371 g/mol. The van der Waals surface area contributed by atoms with Gasteiger partial charge in [0.1, 0.15) is 17.2 Å². The van der Waals surface area contributed by atoms with Gasteiger partial charge in [-0.3, -0.25) is 0 Å². The van der Waals surface area contributed by atoms with E-state index in [1.54, 1.807) is 19.1 Å². The van der Waals surface area contributed by atoms with Gasteiger partial charge in [-0.2, -0.15) is 0 Å². The van der Waals surface area contributed by atoms with E-state index in [-0.39, 0.29) is 6.09 Å². The van der Waals surface area contributed by atoms with Gasteiger partial charge < -0.3 is 23.8 Å². The van der Waals surface area contributed by atoms with Crippen LogP contribution in [-0.4, -0.2) is 51.5 Å². The average Bonchev–Trinajstić information content (AvgIpc) is 2.73. The Morgan fingerprint density at radius 2 is 1.48 bits per heavy atom. The van der Waals surface area contributed by atoms with Crippen LogP contribution in [0.3, 0.4) is 0 Å². The highest BCUT2D eigenvalue weighted by Crippen LogP contribution is 2.24. The Labute approximate surface area is 159 Å². The smallest absolute Gasteiger partial charge is 0.415 e. The molecule has 6 heteroatoms. The molecule has 2 aromatic carbocycles. The molecule has 0 bridgehead atoms.